The van der Waals surface area contributed by atoms with E-state index in [1.807, 2.05) is 0 Å². The Labute approximate surface area is 55.5 Å². The molecule has 0 fully saturated rings. The van der Waals surface area contributed by atoms with Crippen molar-refractivity contribution >= 4 is 6.21 Å². The van der Waals surface area contributed by atoms with Gasteiger partial charge in [0.1, 0.15) is 0 Å². The van der Waals surface area contributed by atoms with Crippen LogP contribution in [0.3, 0.4) is 0 Å². The summed E-state index contributed by atoms with van der Waals surface area (Å²) in [6, 6.07) is 0. The van der Waals surface area contributed by atoms with Crippen LogP contribution in [0.2, 0.25) is 0 Å². The van der Waals surface area contributed by atoms with E-state index < -0.39 is 0 Å². The van der Waals surface area contributed by atoms with Crippen molar-refractivity contribution in [3.8, 4) is 0 Å². The van der Waals surface area contributed by atoms with E-state index in [-0.39, 0.29) is 0 Å². The molecule has 0 heterocycles. The number of nitrogens with one attached hydrogen (secondary N) is 1. The molecule has 0 bridgehead atoms. The Balaban J connectivity index is 2.66. The molecular formula is C6H13NO2. The van der Waals surface area contributed by atoms with Gasteiger partial charge in [0.15, 0.2) is 0 Å². The van der Waals surface area contributed by atoms with E-state index in [2.05, 4.69) is 0 Å². The van der Waals surface area contributed by atoms with Gasteiger partial charge in [-0.1, -0.05) is 0 Å². The van der Waals surface area contributed by atoms with E-state index in [1.165, 1.54) is 6.21 Å². The Hall–Kier alpha value is -0.410. The van der Waals surface area contributed by atoms with Crippen molar-refractivity contribution in [1.82, 2.24) is 0 Å². The summed E-state index contributed by atoms with van der Waals surface area (Å²) < 4.78 is 9.78. The highest BCUT2D eigenvalue weighted by Gasteiger charge is 1.83. The number of hydrogen-bond acceptors (Lipinski definition) is 3. The summed E-state index contributed by atoms with van der Waals surface area (Å²) in [6.07, 6.45) is 2.04. The molecule has 0 saturated heterocycles. The summed E-state index contributed by atoms with van der Waals surface area (Å²) in [5.74, 6) is 0. The summed E-state index contributed by atoms with van der Waals surface area (Å²) in [6.45, 7) is 1.90. The maximum atomic E-state index is 6.65. The first-order valence-electron chi connectivity index (χ1n) is 2.97. The molecular weight excluding hydrogens is 118 g/mol. The lowest BCUT2D eigenvalue weighted by atomic mass is 10.5. The molecule has 0 aliphatic carbocycles. The number of ether oxygens (including phenoxy) is 2. The summed E-state index contributed by atoms with van der Waals surface area (Å²) >= 11 is 0. The fourth-order valence-corrected chi connectivity index (χ4v) is 0.387. The fraction of sp³-hybridized carbons (Fsp3) is 0.833. The molecule has 0 aliphatic rings. The van der Waals surface area contributed by atoms with Gasteiger partial charge < -0.3 is 14.9 Å². The first kappa shape index (κ1) is 8.59. The molecule has 0 radical (unpaired) electrons. The molecule has 0 aromatic rings. The van der Waals surface area contributed by atoms with Gasteiger partial charge in [0.2, 0.25) is 0 Å². The van der Waals surface area contributed by atoms with Crippen molar-refractivity contribution in [2.24, 2.45) is 0 Å². The lowest BCUT2D eigenvalue weighted by Gasteiger charge is -1.98. The standard InChI is InChI=1S/C6H13NO2/c1-8-5-6-9-4-2-3-7/h3,7H,2,4-6H2,1H3. The molecule has 0 amide bonds. The minimum Gasteiger partial charge on any atom is -0.382 e. The smallest absolute Gasteiger partial charge is 0.0700 e. The average molecular weight is 131 g/mol. The molecule has 0 aromatic heterocycles. The Bertz CT molecular complexity index is 66.1. The van der Waals surface area contributed by atoms with Gasteiger partial charge in [-0.15, -0.1) is 0 Å². The molecule has 0 aliphatic heterocycles. The summed E-state index contributed by atoms with van der Waals surface area (Å²) in [5, 5.41) is 6.65. The van der Waals surface area contributed by atoms with Crippen molar-refractivity contribution in [2.75, 3.05) is 26.9 Å². The maximum absolute atomic E-state index is 6.65. The highest BCUT2D eigenvalue weighted by atomic mass is 16.5. The van der Waals surface area contributed by atoms with Crippen LogP contribution in [0.4, 0.5) is 0 Å². The van der Waals surface area contributed by atoms with Gasteiger partial charge in [-0.3, -0.25) is 0 Å². The summed E-state index contributed by atoms with van der Waals surface area (Å²) in [4.78, 5) is 0. The normalized spacial score (nSPS) is 9.44. The van der Waals surface area contributed by atoms with Crippen LogP contribution in [0, 0.1) is 5.41 Å². The second-order valence-electron chi connectivity index (χ2n) is 1.60. The van der Waals surface area contributed by atoms with Gasteiger partial charge in [-0.25, -0.2) is 0 Å². The van der Waals surface area contributed by atoms with Crippen molar-refractivity contribution in [3.05, 3.63) is 0 Å². The molecule has 0 atom stereocenters. The molecule has 1 N–H and O–H groups in total. The zero-order valence-electron chi connectivity index (χ0n) is 5.72. The van der Waals surface area contributed by atoms with Crippen LogP contribution in [0.5, 0.6) is 0 Å². The van der Waals surface area contributed by atoms with Crippen LogP contribution in [-0.4, -0.2) is 33.1 Å². The highest BCUT2D eigenvalue weighted by molar-refractivity contribution is 5.52. The largest absolute Gasteiger partial charge is 0.382 e. The summed E-state index contributed by atoms with van der Waals surface area (Å²) in [7, 11) is 1.64. The molecule has 3 heteroatoms. The van der Waals surface area contributed by atoms with Gasteiger partial charge in [0, 0.05) is 13.5 Å². The van der Waals surface area contributed by atoms with Gasteiger partial charge >= 0.3 is 0 Å². The van der Waals surface area contributed by atoms with Crippen molar-refractivity contribution < 1.29 is 9.47 Å². The highest BCUT2D eigenvalue weighted by Crippen LogP contribution is 1.78. The predicted octanol–water partition coefficient (Wildman–Crippen LogP) is 0.689. The van der Waals surface area contributed by atoms with Gasteiger partial charge in [-0.2, -0.15) is 0 Å². The average Bonchev–Trinajstić information content (AvgIpc) is 1.89. The lowest BCUT2D eigenvalue weighted by molar-refractivity contribution is 0.0746. The lowest BCUT2D eigenvalue weighted by Crippen LogP contribution is -2.02. The van der Waals surface area contributed by atoms with Crippen molar-refractivity contribution in [2.45, 2.75) is 6.42 Å². The second kappa shape index (κ2) is 7.59. The van der Waals surface area contributed by atoms with Crippen molar-refractivity contribution in [1.29, 1.82) is 5.41 Å². The van der Waals surface area contributed by atoms with Crippen LogP contribution >= 0.6 is 0 Å². The van der Waals surface area contributed by atoms with Crippen LogP contribution in [0.25, 0.3) is 0 Å². The number of methoxy groups -OCH3 is 1. The Kier molecular flexibility index (Phi) is 7.24. The third-order valence-electron chi connectivity index (χ3n) is 0.838. The van der Waals surface area contributed by atoms with Crippen LogP contribution < -0.4 is 0 Å². The zero-order chi connectivity index (χ0) is 6.95. The molecule has 9 heavy (non-hydrogen) atoms. The first-order chi connectivity index (χ1) is 4.41. The molecule has 0 saturated carbocycles. The van der Waals surface area contributed by atoms with E-state index in [0.717, 1.165) is 0 Å². The molecule has 0 rings (SSSR count). The Morgan fingerprint density at radius 2 is 2.11 bits per heavy atom. The van der Waals surface area contributed by atoms with E-state index in [0.29, 0.717) is 26.2 Å². The van der Waals surface area contributed by atoms with E-state index in [1.54, 1.807) is 7.11 Å². The van der Waals surface area contributed by atoms with Crippen LogP contribution in [-0.2, 0) is 9.47 Å². The molecule has 0 unspecified atom stereocenters. The van der Waals surface area contributed by atoms with Gasteiger partial charge in [0.25, 0.3) is 0 Å². The molecule has 0 spiro atoms. The van der Waals surface area contributed by atoms with E-state index >= 15 is 0 Å². The predicted molar refractivity (Wildman–Crippen MR) is 36.1 cm³/mol. The Morgan fingerprint density at radius 1 is 1.33 bits per heavy atom. The van der Waals surface area contributed by atoms with Crippen molar-refractivity contribution in [3.63, 3.8) is 0 Å². The molecule has 54 valence electrons. The third kappa shape index (κ3) is 7.59. The third-order valence-corrected chi connectivity index (χ3v) is 0.838. The minimum absolute atomic E-state index is 0.629. The first-order valence-corrected chi connectivity index (χ1v) is 2.97. The SMILES string of the molecule is COCCOCCC=N. The Morgan fingerprint density at radius 3 is 2.67 bits per heavy atom. The minimum atomic E-state index is 0.629. The fourth-order valence-electron chi connectivity index (χ4n) is 0.387. The van der Waals surface area contributed by atoms with Gasteiger partial charge in [-0.05, 0) is 6.21 Å². The molecule has 3 nitrogen and oxygen atoms in total. The van der Waals surface area contributed by atoms with E-state index in [4.69, 9.17) is 14.9 Å². The van der Waals surface area contributed by atoms with E-state index in [9.17, 15) is 0 Å². The van der Waals surface area contributed by atoms with Gasteiger partial charge in [0.05, 0.1) is 19.8 Å². The molecule has 0 aromatic carbocycles. The van der Waals surface area contributed by atoms with Crippen LogP contribution in [0.15, 0.2) is 0 Å². The zero-order valence-corrected chi connectivity index (χ0v) is 5.72. The monoisotopic (exact) mass is 131 g/mol. The summed E-state index contributed by atoms with van der Waals surface area (Å²) in [5.41, 5.74) is 0. The van der Waals surface area contributed by atoms with Crippen LogP contribution in [0.1, 0.15) is 6.42 Å². The number of hydrogen-bond donors (Lipinski definition) is 1. The topological polar surface area (TPSA) is 42.3 Å². The quantitative estimate of drug-likeness (QED) is 0.425. The second-order valence-corrected chi connectivity index (χ2v) is 1.60. The number of rotatable bonds is 6. The maximum Gasteiger partial charge on any atom is 0.0700 e.